The van der Waals surface area contributed by atoms with E-state index in [0.717, 1.165) is 5.56 Å². The van der Waals surface area contributed by atoms with Crippen molar-refractivity contribution >= 4 is 17.7 Å². The zero-order chi connectivity index (χ0) is 22.8. The number of aromatic nitrogens is 3. The lowest BCUT2D eigenvalue weighted by molar-refractivity contribution is -0.136. The van der Waals surface area contributed by atoms with E-state index >= 15 is 0 Å². The fraction of sp³-hybridized carbons (Fsp3) is 0.450. The summed E-state index contributed by atoms with van der Waals surface area (Å²) in [6.07, 6.45) is 1.68. The van der Waals surface area contributed by atoms with Crippen LogP contribution < -0.4 is 16.1 Å². The molecule has 0 saturated carbocycles. The summed E-state index contributed by atoms with van der Waals surface area (Å²) >= 11 is 0. The highest BCUT2D eigenvalue weighted by Gasteiger charge is 2.25. The number of amides is 3. The summed E-state index contributed by atoms with van der Waals surface area (Å²) < 4.78 is 14.4. The van der Waals surface area contributed by atoms with Crippen molar-refractivity contribution in [2.24, 2.45) is 11.8 Å². The van der Waals surface area contributed by atoms with Crippen LogP contribution in [-0.4, -0.2) is 37.9 Å². The average Bonchev–Trinajstić information content (AvgIpc) is 3.21. The number of hydroxylamine groups is 1. The molecule has 0 aliphatic carbocycles. The second-order valence-electron chi connectivity index (χ2n) is 7.43. The monoisotopic (exact) mass is 434 g/mol. The van der Waals surface area contributed by atoms with Crippen LogP contribution in [0.1, 0.15) is 37.9 Å². The van der Waals surface area contributed by atoms with E-state index in [0.29, 0.717) is 18.8 Å². The first-order valence-electron chi connectivity index (χ1n) is 9.89. The maximum atomic E-state index is 12.9. The summed E-state index contributed by atoms with van der Waals surface area (Å²) in [6, 6.07) is 5.88. The number of hydrogen-bond donors (Lipinski definition) is 4. The minimum Gasteiger partial charge on any atom is -0.352 e. The zero-order valence-corrected chi connectivity index (χ0v) is 17.5. The van der Waals surface area contributed by atoms with Gasteiger partial charge in [0, 0.05) is 25.3 Å². The van der Waals surface area contributed by atoms with Crippen molar-refractivity contribution in [1.82, 2.24) is 31.1 Å². The van der Waals surface area contributed by atoms with E-state index in [1.54, 1.807) is 18.3 Å². The molecule has 0 aliphatic heterocycles. The Balaban J connectivity index is 1.75. The van der Waals surface area contributed by atoms with E-state index in [-0.39, 0.29) is 42.9 Å². The van der Waals surface area contributed by atoms with Gasteiger partial charge >= 0.3 is 0 Å². The molecule has 0 bridgehead atoms. The Hall–Kier alpha value is -3.34. The summed E-state index contributed by atoms with van der Waals surface area (Å²) in [7, 11) is 0. The third-order valence-electron chi connectivity index (χ3n) is 4.67. The molecule has 2 rings (SSSR count). The highest BCUT2D eigenvalue weighted by Crippen LogP contribution is 2.15. The topological polar surface area (TPSA) is 138 Å². The van der Waals surface area contributed by atoms with Crippen molar-refractivity contribution < 1.29 is 24.0 Å². The van der Waals surface area contributed by atoms with Crippen LogP contribution >= 0.6 is 0 Å². The second-order valence-corrected chi connectivity index (χ2v) is 7.43. The quantitative estimate of drug-likeness (QED) is 0.306. The second kappa shape index (κ2) is 11.7. The van der Waals surface area contributed by atoms with Gasteiger partial charge in [-0.25, -0.2) is 9.87 Å². The predicted molar refractivity (Wildman–Crippen MR) is 108 cm³/mol. The lowest BCUT2D eigenvalue weighted by Crippen LogP contribution is -2.36. The van der Waals surface area contributed by atoms with Gasteiger partial charge in [0.05, 0.1) is 19.3 Å². The number of halogens is 1. The Bertz CT molecular complexity index is 884. The van der Waals surface area contributed by atoms with Crippen LogP contribution in [0.5, 0.6) is 0 Å². The Labute approximate surface area is 179 Å². The minimum absolute atomic E-state index is 0.0959. The molecule has 10 nitrogen and oxygen atoms in total. The Morgan fingerprint density at radius 3 is 2.45 bits per heavy atom. The van der Waals surface area contributed by atoms with Gasteiger partial charge in [-0.15, -0.1) is 5.10 Å². The van der Waals surface area contributed by atoms with Crippen molar-refractivity contribution in [3.8, 4) is 0 Å². The first kappa shape index (κ1) is 23.9. The molecule has 2 aromatic rings. The highest BCUT2D eigenvalue weighted by atomic mass is 19.1. The van der Waals surface area contributed by atoms with Crippen LogP contribution in [0.25, 0.3) is 0 Å². The Kier molecular flexibility index (Phi) is 9.07. The van der Waals surface area contributed by atoms with Crippen LogP contribution in [0, 0.1) is 17.7 Å². The van der Waals surface area contributed by atoms with Crippen molar-refractivity contribution in [3.05, 3.63) is 47.5 Å². The Morgan fingerprint density at radius 2 is 1.81 bits per heavy atom. The van der Waals surface area contributed by atoms with Crippen LogP contribution in [0.3, 0.4) is 0 Å². The maximum Gasteiger partial charge on any atom is 0.244 e. The SMILES string of the molecule is CC(C)C(CC(=O)NO)C(=O)NCc1cn(CCC(=O)NCc2ccc(F)cc2)nn1. The molecule has 168 valence electrons. The molecule has 0 saturated heterocycles. The lowest BCUT2D eigenvalue weighted by atomic mass is 9.91. The van der Waals surface area contributed by atoms with Crippen molar-refractivity contribution in [2.75, 3.05) is 0 Å². The van der Waals surface area contributed by atoms with E-state index in [1.165, 1.54) is 22.3 Å². The zero-order valence-electron chi connectivity index (χ0n) is 17.5. The molecule has 1 heterocycles. The van der Waals surface area contributed by atoms with Crippen LogP contribution in [-0.2, 0) is 34.0 Å². The number of hydrogen-bond acceptors (Lipinski definition) is 6. The van der Waals surface area contributed by atoms with Crippen LogP contribution in [0.4, 0.5) is 4.39 Å². The molecular formula is C20H27FN6O4. The first-order valence-corrected chi connectivity index (χ1v) is 9.89. The lowest BCUT2D eigenvalue weighted by Gasteiger charge is -2.18. The number of carbonyl (C=O) groups is 3. The molecule has 1 aromatic heterocycles. The van der Waals surface area contributed by atoms with E-state index in [4.69, 9.17) is 5.21 Å². The standard InChI is InChI=1S/C20H27FN6O4/c1-13(2)17(9-19(29)25-31)20(30)23-11-16-12-27(26-24-16)8-7-18(28)22-10-14-3-5-15(21)6-4-14/h3-6,12-13,17,31H,7-11H2,1-2H3,(H,22,28)(H,23,30)(H,25,29). The maximum absolute atomic E-state index is 12.9. The Morgan fingerprint density at radius 1 is 1.10 bits per heavy atom. The number of aryl methyl sites for hydroxylation is 1. The number of carbonyl (C=O) groups excluding carboxylic acids is 3. The van der Waals surface area contributed by atoms with Crippen molar-refractivity contribution in [3.63, 3.8) is 0 Å². The molecule has 0 spiro atoms. The van der Waals surface area contributed by atoms with Gasteiger partial charge in [-0.3, -0.25) is 24.3 Å². The summed E-state index contributed by atoms with van der Waals surface area (Å²) in [6.45, 7) is 4.36. The summed E-state index contributed by atoms with van der Waals surface area (Å²) in [4.78, 5) is 35.7. The van der Waals surface area contributed by atoms with Crippen molar-refractivity contribution in [1.29, 1.82) is 0 Å². The molecule has 3 amide bonds. The smallest absolute Gasteiger partial charge is 0.244 e. The molecule has 31 heavy (non-hydrogen) atoms. The van der Waals surface area contributed by atoms with Gasteiger partial charge in [-0.05, 0) is 23.6 Å². The predicted octanol–water partition coefficient (Wildman–Crippen LogP) is 0.908. The summed E-state index contributed by atoms with van der Waals surface area (Å²) in [5.41, 5.74) is 2.84. The summed E-state index contributed by atoms with van der Waals surface area (Å²) in [5, 5.41) is 22.0. The normalized spacial score (nSPS) is 11.8. The number of rotatable bonds is 11. The van der Waals surface area contributed by atoms with Gasteiger partial charge in [0.25, 0.3) is 0 Å². The molecule has 1 aromatic carbocycles. The molecule has 1 atom stereocenters. The summed E-state index contributed by atoms with van der Waals surface area (Å²) in [5.74, 6) is -2.15. The van der Waals surface area contributed by atoms with Gasteiger partial charge in [0.1, 0.15) is 11.5 Å². The van der Waals surface area contributed by atoms with E-state index < -0.39 is 11.8 Å². The number of nitrogens with zero attached hydrogens (tertiary/aromatic N) is 3. The van der Waals surface area contributed by atoms with Crippen molar-refractivity contribution in [2.45, 2.75) is 46.3 Å². The van der Waals surface area contributed by atoms with E-state index in [2.05, 4.69) is 20.9 Å². The third kappa shape index (κ3) is 8.13. The van der Waals surface area contributed by atoms with Crippen LogP contribution in [0.15, 0.2) is 30.5 Å². The largest absolute Gasteiger partial charge is 0.352 e. The fourth-order valence-electron chi connectivity index (χ4n) is 2.82. The molecule has 4 N–H and O–H groups in total. The molecule has 1 unspecified atom stereocenters. The van der Waals surface area contributed by atoms with E-state index in [9.17, 15) is 18.8 Å². The van der Waals surface area contributed by atoms with E-state index in [1.807, 2.05) is 13.8 Å². The third-order valence-corrected chi connectivity index (χ3v) is 4.67. The van der Waals surface area contributed by atoms with Gasteiger partial charge < -0.3 is 10.6 Å². The molecule has 0 fully saturated rings. The molecule has 0 radical (unpaired) electrons. The molecule has 11 heteroatoms. The van der Waals surface area contributed by atoms with Gasteiger partial charge in [0.2, 0.25) is 17.7 Å². The fourth-order valence-corrected chi connectivity index (χ4v) is 2.82. The van der Waals surface area contributed by atoms with Crippen LogP contribution in [0.2, 0.25) is 0 Å². The van der Waals surface area contributed by atoms with Gasteiger partial charge in [0.15, 0.2) is 0 Å². The minimum atomic E-state index is -0.627. The van der Waals surface area contributed by atoms with Gasteiger partial charge in [-0.1, -0.05) is 31.2 Å². The molecule has 0 aliphatic rings. The number of nitrogens with one attached hydrogen (secondary N) is 3. The molecular weight excluding hydrogens is 407 g/mol. The average molecular weight is 434 g/mol. The highest BCUT2D eigenvalue weighted by molar-refractivity contribution is 5.85. The first-order chi connectivity index (χ1) is 14.8. The number of benzene rings is 1. The van der Waals surface area contributed by atoms with Gasteiger partial charge in [-0.2, -0.15) is 0 Å².